The van der Waals surface area contributed by atoms with E-state index in [1.807, 2.05) is 0 Å². The molecule has 4 N–H and O–H groups in total. The normalized spacial score (nSPS) is 14.0. The number of carbonyl (C=O) groups excluding carboxylic acids is 1. The first-order chi connectivity index (χ1) is 16.0. The van der Waals surface area contributed by atoms with E-state index in [-0.39, 0.29) is 12.3 Å². The van der Waals surface area contributed by atoms with Crippen molar-refractivity contribution in [1.29, 1.82) is 0 Å². The second-order valence-corrected chi connectivity index (χ2v) is 9.12. The van der Waals surface area contributed by atoms with E-state index in [4.69, 9.17) is 4.74 Å². The summed E-state index contributed by atoms with van der Waals surface area (Å²) in [5.74, 6) is 0.402. The zero-order chi connectivity index (χ0) is 24.3. The SMILES string of the molecule is CCCCCCCCCCCCCC[C@@H](O)[C@@H](O)[C@H](CO)NC(=O)Cc1ccc(OC)cc1. The molecule has 0 fully saturated rings. The van der Waals surface area contributed by atoms with Crippen molar-refractivity contribution in [3.63, 3.8) is 0 Å². The lowest BCUT2D eigenvalue weighted by atomic mass is 9.99. The average Bonchev–Trinajstić information content (AvgIpc) is 2.83. The number of benzene rings is 1. The Balaban J connectivity index is 2.16. The molecule has 0 bridgehead atoms. The molecule has 0 aliphatic rings. The largest absolute Gasteiger partial charge is 0.497 e. The van der Waals surface area contributed by atoms with E-state index < -0.39 is 24.9 Å². The van der Waals surface area contributed by atoms with Crippen molar-refractivity contribution in [3.05, 3.63) is 29.8 Å². The topological polar surface area (TPSA) is 99.0 Å². The van der Waals surface area contributed by atoms with Crippen LogP contribution in [0.15, 0.2) is 24.3 Å². The van der Waals surface area contributed by atoms with Gasteiger partial charge in [0.05, 0.1) is 32.3 Å². The Hall–Kier alpha value is -1.63. The van der Waals surface area contributed by atoms with Gasteiger partial charge in [-0.25, -0.2) is 0 Å². The molecule has 1 aromatic rings. The van der Waals surface area contributed by atoms with Gasteiger partial charge in [-0.2, -0.15) is 0 Å². The van der Waals surface area contributed by atoms with Gasteiger partial charge in [0.15, 0.2) is 0 Å². The van der Waals surface area contributed by atoms with Crippen molar-refractivity contribution in [2.45, 2.75) is 115 Å². The zero-order valence-electron chi connectivity index (χ0n) is 20.8. The molecule has 0 radical (unpaired) electrons. The standard InChI is InChI=1S/C27H47NO5/c1-3-4-5-6-7-8-9-10-11-12-13-14-15-25(30)27(32)24(21-29)28-26(31)20-22-16-18-23(33-2)19-17-22/h16-19,24-25,27,29-30,32H,3-15,20-21H2,1-2H3,(H,28,31)/t24-,25+,27-/m0/s1. The molecule has 0 heterocycles. The maximum Gasteiger partial charge on any atom is 0.224 e. The summed E-state index contributed by atoms with van der Waals surface area (Å²) in [6, 6.07) is 6.26. The van der Waals surface area contributed by atoms with Gasteiger partial charge < -0.3 is 25.4 Å². The van der Waals surface area contributed by atoms with Crippen molar-refractivity contribution in [1.82, 2.24) is 5.32 Å². The van der Waals surface area contributed by atoms with Crippen LogP contribution in [0, 0.1) is 0 Å². The van der Waals surface area contributed by atoms with Gasteiger partial charge in [0.2, 0.25) is 5.91 Å². The molecular formula is C27H47NO5. The fourth-order valence-corrected chi connectivity index (χ4v) is 4.06. The van der Waals surface area contributed by atoms with Crippen molar-refractivity contribution < 1.29 is 24.9 Å². The number of nitrogens with one attached hydrogen (secondary N) is 1. The van der Waals surface area contributed by atoms with Gasteiger partial charge in [-0.1, -0.05) is 96.1 Å². The highest BCUT2D eigenvalue weighted by Gasteiger charge is 2.27. The van der Waals surface area contributed by atoms with Gasteiger partial charge in [-0.05, 0) is 24.1 Å². The van der Waals surface area contributed by atoms with Crippen LogP contribution in [0.5, 0.6) is 5.75 Å². The van der Waals surface area contributed by atoms with Gasteiger partial charge in [0.1, 0.15) is 11.9 Å². The van der Waals surface area contributed by atoms with Crippen molar-refractivity contribution in [2.75, 3.05) is 13.7 Å². The first-order valence-corrected chi connectivity index (χ1v) is 12.9. The number of carbonyl (C=O) groups is 1. The molecular weight excluding hydrogens is 418 g/mol. The lowest BCUT2D eigenvalue weighted by Gasteiger charge is -2.26. The zero-order valence-corrected chi connectivity index (χ0v) is 20.8. The Bertz CT molecular complexity index is 607. The summed E-state index contributed by atoms with van der Waals surface area (Å²) < 4.78 is 5.10. The van der Waals surface area contributed by atoms with Crippen LogP contribution in [0.2, 0.25) is 0 Å². The molecule has 0 unspecified atom stereocenters. The molecule has 0 saturated heterocycles. The molecule has 1 amide bonds. The Morgan fingerprint density at radius 3 is 1.88 bits per heavy atom. The minimum Gasteiger partial charge on any atom is -0.497 e. The number of methoxy groups -OCH3 is 1. The van der Waals surface area contributed by atoms with Gasteiger partial charge in [-0.3, -0.25) is 4.79 Å². The van der Waals surface area contributed by atoms with Crippen molar-refractivity contribution in [2.24, 2.45) is 0 Å². The number of hydrogen-bond donors (Lipinski definition) is 4. The predicted molar refractivity (Wildman–Crippen MR) is 133 cm³/mol. The van der Waals surface area contributed by atoms with E-state index in [1.165, 1.54) is 57.8 Å². The van der Waals surface area contributed by atoms with E-state index >= 15 is 0 Å². The number of ether oxygens (including phenoxy) is 1. The number of amides is 1. The summed E-state index contributed by atoms with van der Waals surface area (Å²) >= 11 is 0. The molecule has 33 heavy (non-hydrogen) atoms. The summed E-state index contributed by atoms with van der Waals surface area (Å²) in [4.78, 5) is 12.3. The van der Waals surface area contributed by atoms with Gasteiger partial charge >= 0.3 is 0 Å². The van der Waals surface area contributed by atoms with Crippen LogP contribution in [0.4, 0.5) is 0 Å². The minimum absolute atomic E-state index is 0.127. The van der Waals surface area contributed by atoms with Crippen LogP contribution in [0.1, 0.15) is 96.0 Å². The van der Waals surface area contributed by atoms with Crippen LogP contribution >= 0.6 is 0 Å². The summed E-state index contributed by atoms with van der Waals surface area (Å²) in [5, 5.41) is 33.0. The van der Waals surface area contributed by atoms with Crippen molar-refractivity contribution in [3.8, 4) is 5.75 Å². The number of unbranched alkanes of at least 4 members (excludes halogenated alkanes) is 11. The lowest BCUT2D eigenvalue weighted by molar-refractivity contribution is -0.123. The molecule has 6 nitrogen and oxygen atoms in total. The maximum atomic E-state index is 12.3. The lowest BCUT2D eigenvalue weighted by Crippen LogP contribution is -2.51. The monoisotopic (exact) mass is 465 g/mol. The minimum atomic E-state index is -1.19. The van der Waals surface area contributed by atoms with E-state index in [9.17, 15) is 20.1 Å². The highest BCUT2D eigenvalue weighted by atomic mass is 16.5. The van der Waals surface area contributed by atoms with E-state index in [2.05, 4.69) is 12.2 Å². The molecule has 6 heteroatoms. The third-order valence-corrected chi connectivity index (χ3v) is 6.23. The fourth-order valence-electron chi connectivity index (χ4n) is 4.06. The number of aliphatic hydroxyl groups excluding tert-OH is 3. The van der Waals surface area contributed by atoms with E-state index in [0.717, 1.165) is 24.8 Å². The van der Waals surface area contributed by atoms with Crippen LogP contribution in [0.3, 0.4) is 0 Å². The molecule has 0 aliphatic carbocycles. The van der Waals surface area contributed by atoms with Gasteiger partial charge in [-0.15, -0.1) is 0 Å². The van der Waals surface area contributed by atoms with Crippen LogP contribution < -0.4 is 10.1 Å². The molecule has 0 aliphatic heterocycles. The maximum absolute atomic E-state index is 12.3. The third kappa shape index (κ3) is 13.6. The quantitative estimate of drug-likeness (QED) is 0.212. The third-order valence-electron chi connectivity index (χ3n) is 6.23. The summed E-state index contributed by atoms with van der Waals surface area (Å²) in [6.45, 7) is 1.82. The Labute approximate surface area is 200 Å². The second kappa shape index (κ2) is 18.8. The Morgan fingerprint density at radius 1 is 0.879 bits per heavy atom. The highest BCUT2D eigenvalue weighted by Crippen LogP contribution is 2.15. The molecule has 0 aromatic heterocycles. The van der Waals surface area contributed by atoms with Crippen LogP contribution in [0.25, 0.3) is 0 Å². The molecule has 1 aromatic carbocycles. The van der Waals surface area contributed by atoms with E-state index in [0.29, 0.717) is 12.2 Å². The van der Waals surface area contributed by atoms with Gasteiger partial charge in [0.25, 0.3) is 0 Å². The second-order valence-electron chi connectivity index (χ2n) is 9.12. The van der Waals surface area contributed by atoms with Crippen LogP contribution in [-0.4, -0.2) is 53.2 Å². The summed E-state index contributed by atoms with van der Waals surface area (Å²) in [5.41, 5.74) is 0.802. The predicted octanol–water partition coefficient (Wildman–Crippen LogP) is 4.53. The first kappa shape index (κ1) is 29.4. The Morgan fingerprint density at radius 2 is 1.39 bits per heavy atom. The molecule has 3 atom stereocenters. The number of rotatable bonds is 20. The smallest absolute Gasteiger partial charge is 0.224 e. The summed E-state index contributed by atoms with van der Waals surface area (Å²) in [7, 11) is 1.58. The summed E-state index contributed by atoms with van der Waals surface area (Å²) in [6.07, 6.45) is 13.3. The molecule has 0 spiro atoms. The van der Waals surface area contributed by atoms with Gasteiger partial charge in [0, 0.05) is 0 Å². The number of hydrogen-bond acceptors (Lipinski definition) is 5. The molecule has 190 valence electrons. The van der Waals surface area contributed by atoms with Crippen LogP contribution in [-0.2, 0) is 11.2 Å². The number of aliphatic hydroxyl groups is 3. The highest BCUT2D eigenvalue weighted by molar-refractivity contribution is 5.79. The average molecular weight is 466 g/mol. The first-order valence-electron chi connectivity index (χ1n) is 12.9. The van der Waals surface area contributed by atoms with E-state index in [1.54, 1.807) is 31.4 Å². The molecule has 0 saturated carbocycles. The van der Waals surface area contributed by atoms with Crippen molar-refractivity contribution >= 4 is 5.91 Å². The molecule has 1 rings (SSSR count). The fraction of sp³-hybridized carbons (Fsp3) is 0.741. The Kier molecular flexibility index (Phi) is 16.7.